The molecule has 17 nitrogen and oxygen atoms in total. The van der Waals surface area contributed by atoms with Gasteiger partial charge in [0.05, 0.1) is 52.7 Å². The van der Waals surface area contributed by atoms with Crippen molar-refractivity contribution >= 4 is 104 Å². The van der Waals surface area contributed by atoms with Crippen molar-refractivity contribution in [2.45, 2.75) is 218 Å². The van der Waals surface area contributed by atoms with Crippen LogP contribution in [0.1, 0.15) is 190 Å². The summed E-state index contributed by atoms with van der Waals surface area (Å²) in [6.45, 7) is 52.5. The molecule has 0 saturated heterocycles. The number of hydrogen-bond donors (Lipinski definition) is 3. The minimum absolute atomic E-state index is 0. The fourth-order valence-electron chi connectivity index (χ4n) is 13.7. The molecule has 5 aliphatic rings. The number of aryl methyl sites for hydroxylation is 5. The van der Waals surface area contributed by atoms with Crippen LogP contribution in [-0.2, 0) is 106 Å². The van der Waals surface area contributed by atoms with Gasteiger partial charge in [0.1, 0.15) is 17.5 Å². The average molecular weight is 1690 g/mol. The molecule has 6 aromatic carbocycles. The minimum atomic E-state index is 0. The third-order valence-corrected chi connectivity index (χ3v) is 20.3. The molecular weight excluding hydrogens is 1570 g/mol. The number of anilines is 12. The van der Waals surface area contributed by atoms with Crippen LogP contribution in [-0.4, -0.2) is 95.1 Å². The molecule has 0 bridgehead atoms. The third-order valence-electron chi connectivity index (χ3n) is 19.8. The van der Waals surface area contributed by atoms with Crippen molar-refractivity contribution in [3.63, 3.8) is 0 Å². The van der Waals surface area contributed by atoms with E-state index in [2.05, 4.69) is 332 Å². The van der Waals surface area contributed by atoms with E-state index in [9.17, 15) is 0 Å². The van der Waals surface area contributed by atoms with Crippen molar-refractivity contribution in [3.8, 4) is 0 Å². The molecule has 3 aromatic heterocycles. The summed E-state index contributed by atoms with van der Waals surface area (Å²) in [7, 11) is 7.99. The van der Waals surface area contributed by atoms with Crippen LogP contribution < -0.4 is 45.3 Å². The standard InChI is InChI=1S/C17H22N2.C16H22N4.C16H20N2.C15H19ClN4.C15H20N4.C11H16ClN.2Y/c1-6-18-15-9-10-19(17(3,4)5)16-8-7-13(2)11-14(16)12-15;1-11-6-7-14-13(8-11)18-15-12(9-17-19(15)5)10-20(14)16(2,3)4;1-5-17-14-10-11-18(16(2,3)4)15-9-7-6-8-13(15)12-14;1-15(2,3)20-9-10-8-17-19(4)14(10)18-12-7-11(16)5-6-13(12)20;1-15(2,3)19-10-11-9-16-18(4)14(11)17-12-7-5-6-8-13(12)19;1-11(2,3)13(4)10-7-5-9(12)6-8-10;;/h7-8,11H,9-10H2,1-5H3;6-9,18H,10H2,1-5H3;6-9H,10-11H2,1-4H3;5-8,18H,9H2,1-4H3;5-9,17H,10H2,1-4H3;5-8H,1-4H3;;/q-2;;-2;;;;;. The normalized spacial score (nSPS) is 14.4. The molecular formula is C90H119Cl2N17Y2-4. The Labute approximate surface area is 725 Å². The Hall–Kier alpha value is -7.24. The summed E-state index contributed by atoms with van der Waals surface area (Å²) in [5.74, 6) is 3.20. The third kappa shape index (κ3) is 23.5. The van der Waals surface area contributed by atoms with Gasteiger partial charge in [-0.25, -0.2) is 0 Å². The zero-order valence-corrected chi connectivity index (χ0v) is 78.2. The summed E-state index contributed by atoms with van der Waals surface area (Å²) in [6.07, 6.45) is 20.2. The number of para-hydroxylation sites is 3. The van der Waals surface area contributed by atoms with E-state index in [0.29, 0.717) is 0 Å². The number of fused-ring (bicyclic) bond motifs is 8. The van der Waals surface area contributed by atoms with Gasteiger partial charge in [-0.2, -0.15) is 62.4 Å². The first-order chi connectivity index (χ1) is 51.0. The Morgan fingerprint density at radius 1 is 0.414 bits per heavy atom. The summed E-state index contributed by atoms with van der Waals surface area (Å²) >= 11 is 12.0. The number of nitrogens with zero attached hydrogens (tertiary/aromatic N) is 14. The predicted molar refractivity (Wildman–Crippen MR) is 465 cm³/mol. The van der Waals surface area contributed by atoms with Gasteiger partial charge in [0.2, 0.25) is 0 Å². The van der Waals surface area contributed by atoms with Crippen LogP contribution in [0.3, 0.4) is 0 Å². The van der Waals surface area contributed by atoms with Crippen LogP contribution in [0.4, 0.5) is 68.6 Å². The van der Waals surface area contributed by atoms with Crippen molar-refractivity contribution in [3.05, 3.63) is 219 Å². The van der Waals surface area contributed by atoms with Gasteiger partial charge in [-0.1, -0.05) is 96.8 Å². The first kappa shape index (κ1) is 90.9. The molecule has 9 aromatic rings. The molecule has 0 atom stereocenters. The Morgan fingerprint density at radius 3 is 1.20 bits per heavy atom. The molecule has 111 heavy (non-hydrogen) atoms. The zero-order chi connectivity index (χ0) is 79.9. The van der Waals surface area contributed by atoms with Crippen molar-refractivity contribution in [2.24, 2.45) is 31.1 Å². The van der Waals surface area contributed by atoms with Crippen LogP contribution >= 0.6 is 23.2 Å². The second-order valence-electron chi connectivity index (χ2n) is 34.5. The fourth-order valence-corrected chi connectivity index (χ4v) is 14.0. The SMILES string of the molecule is CN(c1ccc(Cl)cc1)C(C)(C)C.C[C-]=NC1=[C-]c2cc(C)ccc2N(C(C)(C)C)CC1.C[C-]=NC1=[C-]c2ccccc2N(C(C)(C)C)CC1.Cc1ccc2c(c1)Nc1c(cnn1C)CN2C(C)(C)C.Cn1ncc2c1Nc1cc(Cl)ccc1N(C(C)(C)C)C2.Cn1ncc2c1Nc1ccccc1N(C(C)(C)C)C2.[Y].[Y]. The predicted octanol–water partition coefficient (Wildman–Crippen LogP) is 22.1. The zero-order valence-electron chi connectivity index (χ0n) is 71.0. The van der Waals surface area contributed by atoms with Crippen LogP contribution in [0.2, 0.25) is 10.0 Å². The smallest absolute Gasteiger partial charge is 0.133 e. The van der Waals surface area contributed by atoms with Gasteiger partial charge in [-0.15, -0.1) is 25.5 Å². The second-order valence-corrected chi connectivity index (χ2v) is 35.3. The summed E-state index contributed by atoms with van der Waals surface area (Å²) in [5, 5.41) is 25.1. The molecule has 3 N–H and O–H groups in total. The fraction of sp³-hybridized carbons (Fsp3) is 0.433. The molecule has 0 amide bonds. The van der Waals surface area contributed by atoms with E-state index in [1.54, 1.807) is 0 Å². The van der Waals surface area contributed by atoms with Crippen LogP contribution in [0.25, 0.3) is 0 Å². The summed E-state index contributed by atoms with van der Waals surface area (Å²) in [6, 6.07) is 43.9. The quantitative estimate of drug-likeness (QED) is 0.115. The van der Waals surface area contributed by atoms with Crippen molar-refractivity contribution < 1.29 is 65.4 Å². The van der Waals surface area contributed by atoms with Gasteiger partial charge in [0.25, 0.3) is 0 Å². The number of benzene rings is 6. The number of aliphatic imine (C=N–C) groups is 2. The Balaban J connectivity index is 0.000000185. The molecule has 2 radical (unpaired) electrons. The van der Waals surface area contributed by atoms with Crippen LogP contribution in [0.15, 0.2) is 167 Å². The van der Waals surface area contributed by atoms with Crippen LogP contribution in [0, 0.1) is 26.0 Å². The monoisotopic (exact) mass is 1690 g/mol. The van der Waals surface area contributed by atoms with E-state index < -0.39 is 0 Å². The average Bonchev–Trinajstić information content (AvgIpc) is 1.64. The Kier molecular flexibility index (Phi) is 31.0. The molecule has 0 unspecified atom stereocenters. The van der Waals surface area contributed by atoms with Gasteiger partial charge in [-0.3, -0.25) is 26.2 Å². The molecule has 588 valence electrons. The summed E-state index contributed by atoms with van der Waals surface area (Å²) in [4.78, 5) is 22.9. The van der Waals surface area contributed by atoms with Gasteiger partial charge in [-0.05, 0) is 217 Å². The maximum atomic E-state index is 6.15. The maximum absolute atomic E-state index is 6.15. The first-order valence-corrected chi connectivity index (χ1v) is 38.7. The molecule has 5 aliphatic heterocycles. The van der Waals surface area contributed by atoms with E-state index in [-0.39, 0.29) is 98.7 Å². The molecule has 0 spiro atoms. The number of nitrogens with one attached hydrogen (secondary N) is 3. The van der Waals surface area contributed by atoms with Crippen molar-refractivity contribution in [1.29, 1.82) is 0 Å². The van der Waals surface area contributed by atoms with Gasteiger partial charge in [0.15, 0.2) is 0 Å². The first-order valence-electron chi connectivity index (χ1n) is 37.9. The number of rotatable bonds is 3. The summed E-state index contributed by atoms with van der Waals surface area (Å²) in [5.41, 5.74) is 21.5. The van der Waals surface area contributed by atoms with E-state index in [1.807, 2.05) is 104 Å². The Bertz CT molecular complexity index is 4590. The molecule has 0 aliphatic carbocycles. The number of halogens is 2. The van der Waals surface area contributed by atoms with E-state index in [4.69, 9.17) is 23.2 Å². The molecule has 21 heteroatoms. The van der Waals surface area contributed by atoms with Crippen molar-refractivity contribution in [2.75, 3.05) is 65.5 Å². The van der Waals surface area contributed by atoms with E-state index in [0.717, 1.165) is 118 Å². The Morgan fingerprint density at radius 2 is 0.766 bits per heavy atom. The minimum Gasteiger partial charge on any atom is -0.473 e. The molecule has 14 rings (SSSR count). The van der Waals surface area contributed by atoms with E-state index in [1.165, 1.54) is 56.3 Å². The molecule has 0 fully saturated rings. The van der Waals surface area contributed by atoms with Gasteiger partial charge in [0, 0.05) is 179 Å². The molecule has 8 heterocycles. The second kappa shape index (κ2) is 37.8. The number of aromatic nitrogens is 6. The maximum Gasteiger partial charge on any atom is 0.133 e. The largest absolute Gasteiger partial charge is 0.473 e. The van der Waals surface area contributed by atoms with Gasteiger partial charge < -0.3 is 55.3 Å². The topological polar surface area (TPSA) is 134 Å². The number of hydrogen-bond acceptors (Lipinski definition) is 14. The van der Waals surface area contributed by atoms with Crippen LogP contribution in [0.5, 0.6) is 0 Å². The van der Waals surface area contributed by atoms with Crippen molar-refractivity contribution in [1.82, 2.24) is 29.3 Å². The van der Waals surface area contributed by atoms with Gasteiger partial charge >= 0.3 is 0 Å². The molecule has 0 saturated carbocycles. The van der Waals surface area contributed by atoms with E-state index >= 15 is 0 Å². The summed E-state index contributed by atoms with van der Waals surface area (Å²) < 4.78 is 5.68.